The number of nitrogen functional groups attached to an aromatic ring is 1. The topological polar surface area (TPSA) is 92.3 Å². The van der Waals surface area contributed by atoms with Crippen LogP contribution in [0.4, 0.5) is 11.6 Å². The van der Waals surface area contributed by atoms with Crippen LogP contribution in [0.1, 0.15) is 29.8 Å². The average Bonchev–Trinajstić information content (AvgIpc) is 2.64. The fourth-order valence-electron chi connectivity index (χ4n) is 3.32. The number of carbonyl (C=O) groups excluding carboxylic acids is 1. The monoisotopic (exact) mass is 398 g/mol. The Bertz CT molecular complexity index is 1020. The average molecular weight is 399 g/mol. The van der Waals surface area contributed by atoms with Crippen LogP contribution in [0.25, 0.3) is 10.8 Å². The van der Waals surface area contributed by atoms with Crippen LogP contribution < -0.4 is 10.6 Å². The van der Waals surface area contributed by atoms with Gasteiger partial charge in [-0.15, -0.1) is 0 Å². The number of Topliss-reactive ketones (excluding diaryl/α,β-unsaturated/α-hetero) is 1. The van der Waals surface area contributed by atoms with Crippen molar-refractivity contribution < 1.29 is 9.90 Å². The zero-order valence-electron chi connectivity index (χ0n) is 14.6. The molecule has 0 saturated carbocycles. The summed E-state index contributed by atoms with van der Waals surface area (Å²) >= 11 is 6.05. The van der Waals surface area contributed by atoms with E-state index in [9.17, 15) is 9.90 Å². The maximum absolute atomic E-state index is 12.8. The molecule has 0 radical (unpaired) electrons. The molecular weight excluding hydrogens is 376 g/mol. The van der Waals surface area contributed by atoms with Crippen molar-refractivity contribution in [2.24, 2.45) is 0 Å². The Morgan fingerprint density at radius 1 is 1.25 bits per heavy atom. The van der Waals surface area contributed by atoms with Crippen LogP contribution in [-0.4, -0.2) is 40.1 Å². The van der Waals surface area contributed by atoms with Gasteiger partial charge < -0.3 is 15.7 Å². The number of β-amino-alcohol motifs (C(OH)–C–C–N with tert-alkyl or cyclic N) is 1. The molecule has 6 nitrogen and oxygen atoms in total. The molecule has 4 rings (SSSR count). The van der Waals surface area contributed by atoms with Gasteiger partial charge in [0.25, 0.3) is 0 Å². The number of nitrogens with zero attached hydrogens (tertiary/aromatic N) is 3. The minimum absolute atomic E-state index is 0. The summed E-state index contributed by atoms with van der Waals surface area (Å²) in [6.45, 7) is 0.962. The normalized spacial score (nSPS) is 13.9. The number of hydrogen-bond acceptors (Lipinski definition) is 6. The molecule has 3 aromatic rings. The molecule has 0 aliphatic carbocycles. The summed E-state index contributed by atoms with van der Waals surface area (Å²) in [5.41, 5.74) is 7.44. The van der Waals surface area contributed by atoms with Gasteiger partial charge >= 0.3 is 0 Å². The van der Waals surface area contributed by atoms with Gasteiger partial charge in [0.15, 0.2) is 5.78 Å². The summed E-state index contributed by atoms with van der Waals surface area (Å²) < 4.78 is 0. The SMILES string of the molecule is C.Nc1nccc2cc(CCC(=O)c3cc(Cl)cnc3N3CC(O)C3)ccc12. The first-order valence-corrected chi connectivity index (χ1v) is 9.14. The van der Waals surface area contributed by atoms with E-state index < -0.39 is 0 Å². The highest BCUT2D eigenvalue weighted by Crippen LogP contribution is 2.27. The number of benzene rings is 1. The van der Waals surface area contributed by atoms with E-state index in [1.54, 1.807) is 12.3 Å². The lowest BCUT2D eigenvalue weighted by atomic mass is 10.00. The van der Waals surface area contributed by atoms with Crippen LogP contribution in [0.15, 0.2) is 42.7 Å². The fourth-order valence-corrected chi connectivity index (χ4v) is 3.47. The van der Waals surface area contributed by atoms with Crippen molar-refractivity contribution >= 4 is 39.8 Å². The van der Waals surface area contributed by atoms with Crippen molar-refractivity contribution in [3.63, 3.8) is 0 Å². The van der Waals surface area contributed by atoms with Crippen molar-refractivity contribution in [3.05, 3.63) is 58.9 Å². The molecule has 146 valence electrons. The van der Waals surface area contributed by atoms with Crippen molar-refractivity contribution in [1.29, 1.82) is 0 Å². The van der Waals surface area contributed by atoms with Crippen LogP contribution in [0.5, 0.6) is 0 Å². The minimum atomic E-state index is -0.370. The lowest BCUT2D eigenvalue weighted by molar-refractivity contribution is 0.0980. The Labute approximate surface area is 169 Å². The van der Waals surface area contributed by atoms with Crippen molar-refractivity contribution in [2.75, 3.05) is 23.7 Å². The van der Waals surface area contributed by atoms with Gasteiger partial charge in [-0.1, -0.05) is 37.2 Å². The highest BCUT2D eigenvalue weighted by molar-refractivity contribution is 6.31. The van der Waals surface area contributed by atoms with Gasteiger partial charge in [-0.05, 0) is 29.5 Å². The Hall–Kier alpha value is -2.70. The number of hydrogen-bond donors (Lipinski definition) is 2. The van der Waals surface area contributed by atoms with Crippen LogP contribution >= 0.6 is 11.6 Å². The van der Waals surface area contributed by atoms with Crippen molar-refractivity contribution in [1.82, 2.24) is 9.97 Å². The number of aliphatic hydroxyl groups is 1. The van der Waals surface area contributed by atoms with E-state index in [1.165, 1.54) is 6.20 Å². The first-order valence-electron chi connectivity index (χ1n) is 8.76. The summed E-state index contributed by atoms with van der Waals surface area (Å²) in [4.78, 5) is 23.1. The van der Waals surface area contributed by atoms with E-state index in [4.69, 9.17) is 17.3 Å². The second-order valence-corrected chi connectivity index (χ2v) is 7.19. The second-order valence-electron chi connectivity index (χ2n) is 6.76. The molecule has 0 spiro atoms. The molecule has 0 atom stereocenters. The molecule has 1 aliphatic heterocycles. The predicted molar refractivity (Wildman–Crippen MR) is 113 cm³/mol. The van der Waals surface area contributed by atoms with Gasteiger partial charge in [0, 0.05) is 37.3 Å². The number of pyridine rings is 2. The number of anilines is 2. The summed E-state index contributed by atoms with van der Waals surface area (Å²) in [7, 11) is 0. The van der Waals surface area contributed by atoms with E-state index >= 15 is 0 Å². The zero-order chi connectivity index (χ0) is 19.0. The van der Waals surface area contributed by atoms with Crippen LogP contribution in [0, 0.1) is 0 Å². The summed E-state index contributed by atoms with van der Waals surface area (Å²) in [5, 5.41) is 11.9. The predicted octanol–water partition coefficient (Wildman–Crippen LogP) is 3.50. The lowest BCUT2D eigenvalue weighted by Crippen LogP contribution is -2.51. The molecule has 7 heteroatoms. The van der Waals surface area contributed by atoms with Gasteiger partial charge in [-0.3, -0.25) is 4.79 Å². The third kappa shape index (κ3) is 3.93. The number of aryl methyl sites for hydroxylation is 1. The van der Waals surface area contributed by atoms with Gasteiger partial charge in [-0.2, -0.15) is 0 Å². The molecule has 0 unspecified atom stereocenters. The highest BCUT2D eigenvalue weighted by atomic mass is 35.5. The Kier molecular flexibility index (Phi) is 5.82. The van der Waals surface area contributed by atoms with Crippen molar-refractivity contribution in [2.45, 2.75) is 26.4 Å². The Balaban J connectivity index is 0.00000225. The Morgan fingerprint density at radius 3 is 2.79 bits per heavy atom. The number of rotatable bonds is 5. The number of aliphatic hydroxyl groups excluding tert-OH is 1. The standard InChI is InChI=1S/C20H19ClN4O2.CH4/c21-14-8-17(20(24-9-14)25-10-15(26)11-25)18(27)4-2-12-1-3-16-13(7-12)5-6-23-19(16)22;/h1,3,5-9,15,26H,2,4,10-11H2,(H2,22,23);1H4. The molecule has 2 aromatic heterocycles. The largest absolute Gasteiger partial charge is 0.389 e. The van der Waals surface area contributed by atoms with E-state index in [0.29, 0.717) is 48.2 Å². The number of nitrogens with two attached hydrogens (primary N) is 1. The highest BCUT2D eigenvalue weighted by Gasteiger charge is 2.29. The number of fused-ring (bicyclic) bond motifs is 1. The smallest absolute Gasteiger partial charge is 0.166 e. The van der Waals surface area contributed by atoms with Crippen LogP contribution in [0.2, 0.25) is 5.02 Å². The first kappa shape index (κ1) is 20.0. The van der Waals surface area contributed by atoms with Gasteiger partial charge in [0.05, 0.1) is 16.7 Å². The molecule has 3 N–H and O–H groups in total. The van der Waals surface area contributed by atoms with Gasteiger partial charge in [0.2, 0.25) is 0 Å². The maximum atomic E-state index is 12.8. The maximum Gasteiger partial charge on any atom is 0.166 e. The molecule has 1 aliphatic rings. The molecule has 0 amide bonds. The molecule has 1 fully saturated rings. The fraction of sp³-hybridized carbons (Fsp3) is 0.286. The molecule has 28 heavy (non-hydrogen) atoms. The minimum Gasteiger partial charge on any atom is -0.389 e. The molecule has 3 heterocycles. The molecule has 1 aromatic carbocycles. The first-order chi connectivity index (χ1) is 13.0. The number of halogens is 1. The van der Waals surface area contributed by atoms with Crippen molar-refractivity contribution in [3.8, 4) is 0 Å². The quantitative estimate of drug-likeness (QED) is 0.639. The van der Waals surface area contributed by atoms with E-state index in [-0.39, 0.29) is 19.3 Å². The number of carbonyl (C=O) groups is 1. The van der Waals surface area contributed by atoms with E-state index in [2.05, 4.69) is 9.97 Å². The van der Waals surface area contributed by atoms with Crippen LogP contribution in [-0.2, 0) is 6.42 Å². The number of ketones is 1. The molecular formula is C21H23ClN4O2. The van der Waals surface area contributed by atoms with Gasteiger partial charge in [-0.25, -0.2) is 9.97 Å². The Morgan fingerprint density at radius 2 is 2.04 bits per heavy atom. The van der Waals surface area contributed by atoms with E-state index in [0.717, 1.165) is 16.3 Å². The van der Waals surface area contributed by atoms with Crippen LogP contribution in [0.3, 0.4) is 0 Å². The van der Waals surface area contributed by atoms with E-state index in [1.807, 2.05) is 29.2 Å². The summed E-state index contributed by atoms with van der Waals surface area (Å²) in [6, 6.07) is 9.50. The second kappa shape index (κ2) is 8.12. The zero-order valence-corrected chi connectivity index (χ0v) is 15.4. The summed E-state index contributed by atoms with van der Waals surface area (Å²) in [6.07, 6.45) is 3.78. The number of aromatic nitrogens is 2. The molecule has 1 saturated heterocycles. The third-order valence-corrected chi connectivity index (χ3v) is 5.00. The summed E-state index contributed by atoms with van der Waals surface area (Å²) in [5.74, 6) is 1.07. The van der Waals surface area contributed by atoms with Gasteiger partial charge in [0.1, 0.15) is 11.6 Å². The molecule has 0 bridgehead atoms. The lowest BCUT2D eigenvalue weighted by Gasteiger charge is -2.37. The third-order valence-electron chi connectivity index (χ3n) is 4.80.